The van der Waals surface area contributed by atoms with Crippen LogP contribution >= 0.6 is 0 Å². The Bertz CT molecular complexity index is 471. The van der Waals surface area contributed by atoms with E-state index in [-0.39, 0.29) is 12.5 Å². The van der Waals surface area contributed by atoms with Gasteiger partial charge in [0.1, 0.15) is 6.54 Å². The zero-order chi connectivity index (χ0) is 16.4. The van der Waals surface area contributed by atoms with Gasteiger partial charge in [0.2, 0.25) is 5.91 Å². The predicted octanol–water partition coefficient (Wildman–Crippen LogP) is 1.90. The number of hydrogen-bond acceptors (Lipinski definition) is 2. The van der Waals surface area contributed by atoms with Gasteiger partial charge in [-0.1, -0.05) is 44.2 Å². The second-order valence-electron chi connectivity index (χ2n) is 5.63. The van der Waals surface area contributed by atoms with Crippen molar-refractivity contribution in [1.29, 1.82) is 0 Å². The topological polar surface area (TPSA) is 65.5 Å². The molecule has 0 aromatic heterocycles. The minimum Gasteiger partial charge on any atom is -0.357 e. The smallest absolute Gasteiger partial charge is 0.242 e. The summed E-state index contributed by atoms with van der Waals surface area (Å²) in [6.45, 7) is 9.82. The quantitative estimate of drug-likeness (QED) is 0.532. The van der Waals surface area contributed by atoms with Crippen molar-refractivity contribution in [2.75, 3.05) is 13.1 Å². The lowest BCUT2D eigenvalue weighted by atomic mass is 10.1. The van der Waals surface area contributed by atoms with Gasteiger partial charge in [0.15, 0.2) is 5.96 Å². The Morgan fingerprint density at radius 3 is 2.41 bits per heavy atom. The van der Waals surface area contributed by atoms with Crippen molar-refractivity contribution in [3.8, 4) is 0 Å². The largest absolute Gasteiger partial charge is 0.357 e. The summed E-state index contributed by atoms with van der Waals surface area (Å²) in [6.07, 6.45) is 0. The first kappa shape index (κ1) is 18.0. The molecule has 0 radical (unpaired) electrons. The molecule has 5 nitrogen and oxygen atoms in total. The number of hydrogen-bond donors (Lipinski definition) is 3. The average molecular weight is 304 g/mol. The number of nitrogens with zero attached hydrogens (tertiary/aromatic N) is 1. The van der Waals surface area contributed by atoms with Crippen molar-refractivity contribution >= 4 is 11.9 Å². The van der Waals surface area contributed by atoms with Crippen LogP contribution < -0.4 is 16.0 Å². The first-order valence-electron chi connectivity index (χ1n) is 7.88. The first-order valence-corrected chi connectivity index (χ1v) is 7.88. The Morgan fingerprint density at radius 1 is 1.14 bits per heavy atom. The second-order valence-corrected chi connectivity index (χ2v) is 5.63. The normalized spacial score (nSPS) is 12.9. The van der Waals surface area contributed by atoms with Crippen LogP contribution in [0.5, 0.6) is 0 Å². The number of amides is 1. The fraction of sp³-hybridized carbons (Fsp3) is 0.529. The van der Waals surface area contributed by atoms with Gasteiger partial charge in [0.05, 0.1) is 0 Å². The molecule has 1 atom stereocenters. The third kappa shape index (κ3) is 7.11. The summed E-state index contributed by atoms with van der Waals surface area (Å²) in [6, 6.07) is 10.1. The molecule has 5 heteroatoms. The molecule has 0 spiro atoms. The van der Waals surface area contributed by atoms with Crippen molar-refractivity contribution in [3.05, 3.63) is 35.9 Å². The summed E-state index contributed by atoms with van der Waals surface area (Å²) in [4.78, 5) is 16.2. The Kier molecular flexibility index (Phi) is 8.04. The molecular formula is C17H28N4O. The van der Waals surface area contributed by atoms with Crippen molar-refractivity contribution in [2.45, 2.75) is 40.3 Å². The molecule has 1 aromatic carbocycles. The lowest BCUT2D eigenvalue weighted by Gasteiger charge is -2.20. The molecule has 0 saturated heterocycles. The highest BCUT2D eigenvalue weighted by Gasteiger charge is 2.09. The van der Waals surface area contributed by atoms with Crippen LogP contribution in [0.1, 0.15) is 33.3 Å². The van der Waals surface area contributed by atoms with Crippen molar-refractivity contribution in [2.24, 2.45) is 10.9 Å². The van der Waals surface area contributed by atoms with Gasteiger partial charge in [-0.15, -0.1) is 0 Å². The number of rotatable bonds is 7. The van der Waals surface area contributed by atoms with Crippen LogP contribution in [0, 0.1) is 5.92 Å². The van der Waals surface area contributed by atoms with Gasteiger partial charge < -0.3 is 16.0 Å². The number of carbonyl (C=O) groups is 1. The van der Waals surface area contributed by atoms with Crippen LogP contribution in [-0.2, 0) is 11.3 Å². The maximum absolute atomic E-state index is 11.9. The van der Waals surface area contributed by atoms with Crippen LogP contribution in [0.3, 0.4) is 0 Å². The summed E-state index contributed by atoms with van der Waals surface area (Å²) < 4.78 is 0. The standard InChI is InChI=1S/C17H28N4O/c1-5-18-17(21-14(4)13(2)3)20-12-16(22)19-11-15-9-7-6-8-10-15/h6-10,13-14H,5,11-12H2,1-4H3,(H,19,22)(H2,18,20,21). The molecule has 22 heavy (non-hydrogen) atoms. The number of guanidine groups is 1. The number of aliphatic imine (C=N–C) groups is 1. The fourth-order valence-corrected chi connectivity index (χ4v) is 1.71. The van der Waals surface area contributed by atoms with E-state index in [9.17, 15) is 4.79 Å². The Hall–Kier alpha value is -2.04. The molecule has 0 aliphatic rings. The molecule has 3 N–H and O–H groups in total. The van der Waals surface area contributed by atoms with Crippen LogP contribution in [0.4, 0.5) is 0 Å². The number of nitrogens with one attached hydrogen (secondary N) is 3. The summed E-state index contributed by atoms with van der Waals surface area (Å²) in [5.74, 6) is 1.09. The molecule has 0 saturated carbocycles. The lowest BCUT2D eigenvalue weighted by molar-refractivity contribution is -0.119. The van der Waals surface area contributed by atoms with Gasteiger partial charge in [-0.05, 0) is 25.3 Å². The van der Waals surface area contributed by atoms with Gasteiger partial charge in [-0.3, -0.25) is 4.79 Å². The summed E-state index contributed by atoms with van der Waals surface area (Å²) in [5, 5.41) is 9.33. The summed E-state index contributed by atoms with van der Waals surface area (Å²) in [7, 11) is 0. The highest BCUT2D eigenvalue weighted by Crippen LogP contribution is 1.99. The molecule has 0 bridgehead atoms. The van der Waals surface area contributed by atoms with E-state index in [1.54, 1.807) is 0 Å². The van der Waals surface area contributed by atoms with E-state index in [1.807, 2.05) is 37.3 Å². The van der Waals surface area contributed by atoms with E-state index in [4.69, 9.17) is 0 Å². The van der Waals surface area contributed by atoms with Crippen molar-refractivity contribution in [3.63, 3.8) is 0 Å². The van der Waals surface area contributed by atoms with Crippen molar-refractivity contribution < 1.29 is 4.79 Å². The van der Waals surface area contributed by atoms with Crippen LogP contribution in [-0.4, -0.2) is 31.0 Å². The predicted molar refractivity (Wildman–Crippen MR) is 91.7 cm³/mol. The Balaban J connectivity index is 2.45. The van der Waals surface area contributed by atoms with E-state index >= 15 is 0 Å². The van der Waals surface area contributed by atoms with E-state index in [2.05, 4.69) is 41.7 Å². The van der Waals surface area contributed by atoms with Gasteiger partial charge in [-0.25, -0.2) is 4.99 Å². The summed E-state index contributed by atoms with van der Waals surface area (Å²) in [5.41, 5.74) is 1.08. The van der Waals surface area contributed by atoms with Crippen molar-refractivity contribution in [1.82, 2.24) is 16.0 Å². The van der Waals surface area contributed by atoms with E-state index in [0.29, 0.717) is 24.5 Å². The molecule has 0 aliphatic heterocycles. The minimum absolute atomic E-state index is 0.0849. The van der Waals surface area contributed by atoms with Gasteiger partial charge in [0, 0.05) is 19.1 Å². The zero-order valence-electron chi connectivity index (χ0n) is 14.0. The van der Waals surface area contributed by atoms with Gasteiger partial charge in [0.25, 0.3) is 0 Å². The molecule has 1 amide bonds. The third-order valence-corrected chi connectivity index (χ3v) is 3.42. The van der Waals surface area contributed by atoms with Gasteiger partial charge in [-0.2, -0.15) is 0 Å². The molecule has 1 aromatic rings. The Morgan fingerprint density at radius 2 is 1.82 bits per heavy atom. The van der Waals surface area contributed by atoms with Crippen LogP contribution in [0.25, 0.3) is 0 Å². The highest BCUT2D eigenvalue weighted by atomic mass is 16.1. The zero-order valence-corrected chi connectivity index (χ0v) is 14.0. The molecule has 0 fully saturated rings. The second kappa shape index (κ2) is 9.82. The van der Waals surface area contributed by atoms with E-state index in [1.165, 1.54) is 0 Å². The SMILES string of the molecule is CCNC(=NCC(=O)NCc1ccccc1)NC(C)C(C)C. The molecule has 1 unspecified atom stereocenters. The van der Waals surface area contributed by atoms with E-state index < -0.39 is 0 Å². The van der Waals surface area contributed by atoms with Gasteiger partial charge >= 0.3 is 0 Å². The molecule has 122 valence electrons. The third-order valence-electron chi connectivity index (χ3n) is 3.42. The molecule has 0 heterocycles. The van der Waals surface area contributed by atoms with Crippen LogP contribution in [0.15, 0.2) is 35.3 Å². The fourth-order valence-electron chi connectivity index (χ4n) is 1.71. The minimum atomic E-state index is -0.0849. The monoisotopic (exact) mass is 304 g/mol. The van der Waals surface area contributed by atoms with Crippen LogP contribution in [0.2, 0.25) is 0 Å². The molecule has 1 rings (SSSR count). The lowest BCUT2D eigenvalue weighted by Crippen LogP contribution is -2.44. The number of carbonyl (C=O) groups excluding carboxylic acids is 1. The Labute approximate surface area is 133 Å². The maximum atomic E-state index is 11.9. The number of benzene rings is 1. The first-order chi connectivity index (χ1) is 10.5. The maximum Gasteiger partial charge on any atom is 0.242 e. The molecular weight excluding hydrogens is 276 g/mol. The highest BCUT2D eigenvalue weighted by molar-refractivity contribution is 5.85. The molecule has 0 aliphatic carbocycles. The average Bonchev–Trinajstić information content (AvgIpc) is 2.51. The summed E-state index contributed by atoms with van der Waals surface area (Å²) >= 11 is 0. The van der Waals surface area contributed by atoms with E-state index in [0.717, 1.165) is 12.1 Å².